The van der Waals surface area contributed by atoms with Crippen molar-refractivity contribution in [2.45, 2.75) is 6.42 Å². The van der Waals surface area contributed by atoms with Crippen LogP contribution in [0, 0.1) is 0 Å². The van der Waals surface area contributed by atoms with Crippen molar-refractivity contribution >= 4 is 22.9 Å². The second-order valence-electron chi connectivity index (χ2n) is 5.49. The zero-order valence-corrected chi connectivity index (χ0v) is 13.0. The molecule has 3 rings (SSSR count). The smallest absolute Gasteiger partial charge is 0.286 e. The summed E-state index contributed by atoms with van der Waals surface area (Å²) >= 11 is 0. The molecule has 0 aliphatic carbocycles. The van der Waals surface area contributed by atoms with Gasteiger partial charge in [0.1, 0.15) is 5.75 Å². The first-order valence-corrected chi connectivity index (χ1v) is 7.66. The van der Waals surface area contributed by atoms with Gasteiger partial charge in [0.25, 0.3) is 5.91 Å². The zero-order valence-electron chi connectivity index (χ0n) is 13.0. The Morgan fingerprint density at radius 2 is 1.96 bits per heavy atom. The van der Waals surface area contributed by atoms with Crippen molar-refractivity contribution in [3.8, 4) is 5.75 Å². The van der Waals surface area contributed by atoms with Gasteiger partial charge in [-0.3, -0.25) is 4.79 Å². The summed E-state index contributed by atoms with van der Waals surface area (Å²) < 4.78 is 0. The van der Waals surface area contributed by atoms with Crippen molar-refractivity contribution in [1.29, 1.82) is 0 Å². The molecule has 0 saturated heterocycles. The first kappa shape index (κ1) is 15.7. The first-order chi connectivity index (χ1) is 11.6. The van der Waals surface area contributed by atoms with Crippen molar-refractivity contribution in [1.82, 2.24) is 10.3 Å². The number of phenolic OH excluding ortho intramolecular Hbond substituents is 1. The number of nitrogens with one attached hydrogen (secondary N) is 2. The lowest BCUT2D eigenvalue weighted by atomic mass is 10.1. The van der Waals surface area contributed by atoms with E-state index in [1.54, 1.807) is 18.2 Å². The van der Waals surface area contributed by atoms with Gasteiger partial charge in [-0.2, -0.15) is 0 Å². The molecular weight excluding hydrogens is 304 g/mol. The molecule has 0 aliphatic heterocycles. The molecule has 1 aromatic heterocycles. The summed E-state index contributed by atoms with van der Waals surface area (Å²) in [6.45, 7) is 0.383. The predicted molar refractivity (Wildman–Crippen MR) is 93.7 cm³/mol. The van der Waals surface area contributed by atoms with Crippen molar-refractivity contribution in [2.75, 3.05) is 6.54 Å². The maximum atomic E-state index is 11.9. The fourth-order valence-corrected chi connectivity index (χ4v) is 2.55. The SMILES string of the molecule is O=C(NCCc1c[nH]c2ccc(O)cc12)C(O)=Cc1ccccc1. The van der Waals surface area contributed by atoms with Crippen molar-refractivity contribution in [3.05, 3.63) is 71.6 Å². The van der Waals surface area contributed by atoms with Crippen LogP contribution in [0.25, 0.3) is 17.0 Å². The normalized spacial score (nSPS) is 11.6. The number of benzene rings is 2. The number of phenols is 1. The number of carbonyl (C=O) groups excluding carboxylic acids is 1. The predicted octanol–water partition coefficient (Wildman–Crippen LogP) is 3.13. The minimum absolute atomic E-state index is 0.204. The van der Waals surface area contributed by atoms with E-state index in [9.17, 15) is 15.0 Å². The summed E-state index contributed by atoms with van der Waals surface area (Å²) in [4.78, 5) is 15.0. The summed E-state index contributed by atoms with van der Waals surface area (Å²) in [6, 6.07) is 14.3. The maximum absolute atomic E-state index is 11.9. The third kappa shape index (κ3) is 3.57. The van der Waals surface area contributed by atoms with E-state index in [1.807, 2.05) is 36.5 Å². The number of aromatic amines is 1. The molecule has 5 nitrogen and oxygen atoms in total. The van der Waals surface area contributed by atoms with E-state index in [4.69, 9.17) is 0 Å². The van der Waals surface area contributed by atoms with Gasteiger partial charge in [-0.05, 0) is 41.8 Å². The number of H-pyrrole nitrogens is 1. The van der Waals surface area contributed by atoms with Gasteiger partial charge in [-0.1, -0.05) is 30.3 Å². The molecule has 0 atom stereocenters. The highest BCUT2D eigenvalue weighted by atomic mass is 16.3. The van der Waals surface area contributed by atoms with E-state index in [2.05, 4.69) is 10.3 Å². The van der Waals surface area contributed by atoms with Crippen LogP contribution < -0.4 is 5.32 Å². The average molecular weight is 322 g/mol. The summed E-state index contributed by atoms with van der Waals surface area (Å²) in [5.41, 5.74) is 2.69. The van der Waals surface area contributed by atoms with Crippen LogP contribution in [0.1, 0.15) is 11.1 Å². The first-order valence-electron chi connectivity index (χ1n) is 7.66. The molecule has 0 unspecified atom stereocenters. The van der Waals surface area contributed by atoms with E-state index < -0.39 is 5.91 Å². The fourth-order valence-electron chi connectivity index (χ4n) is 2.55. The van der Waals surface area contributed by atoms with Gasteiger partial charge >= 0.3 is 0 Å². The molecule has 122 valence electrons. The van der Waals surface area contributed by atoms with Gasteiger partial charge in [0.15, 0.2) is 5.76 Å². The molecule has 0 fully saturated rings. The molecule has 3 aromatic rings. The van der Waals surface area contributed by atoms with Crippen LogP contribution in [0.4, 0.5) is 0 Å². The molecule has 0 spiro atoms. The zero-order chi connectivity index (χ0) is 16.9. The summed E-state index contributed by atoms with van der Waals surface area (Å²) in [7, 11) is 0. The van der Waals surface area contributed by atoms with E-state index in [0.717, 1.165) is 22.0 Å². The minimum atomic E-state index is -0.512. The maximum Gasteiger partial charge on any atom is 0.286 e. The highest BCUT2D eigenvalue weighted by Gasteiger charge is 2.09. The van der Waals surface area contributed by atoms with E-state index in [0.29, 0.717) is 13.0 Å². The van der Waals surface area contributed by atoms with E-state index in [-0.39, 0.29) is 11.5 Å². The Hall–Kier alpha value is -3.21. The fraction of sp³-hybridized carbons (Fsp3) is 0.105. The number of aromatic hydroxyl groups is 1. The molecule has 0 saturated carbocycles. The summed E-state index contributed by atoms with van der Waals surface area (Å²) in [5.74, 6) is -0.630. The molecule has 0 bridgehead atoms. The molecule has 4 N–H and O–H groups in total. The second kappa shape index (κ2) is 6.91. The number of rotatable bonds is 5. The Morgan fingerprint density at radius 1 is 1.17 bits per heavy atom. The topological polar surface area (TPSA) is 85.4 Å². The summed E-state index contributed by atoms with van der Waals surface area (Å²) in [5, 5.41) is 23.0. The van der Waals surface area contributed by atoms with Gasteiger partial charge in [-0.15, -0.1) is 0 Å². The Balaban J connectivity index is 1.60. The Bertz CT molecular complexity index is 882. The molecule has 0 radical (unpaired) electrons. The number of aliphatic hydroxyl groups is 1. The van der Waals surface area contributed by atoms with Crippen LogP contribution in [0.2, 0.25) is 0 Å². The molecule has 1 heterocycles. The highest BCUT2D eigenvalue weighted by Crippen LogP contribution is 2.23. The van der Waals surface area contributed by atoms with Crippen LogP contribution in [0.3, 0.4) is 0 Å². The van der Waals surface area contributed by atoms with Crippen LogP contribution in [0.15, 0.2) is 60.5 Å². The van der Waals surface area contributed by atoms with Crippen LogP contribution in [-0.2, 0) is 11.2 Å². The number of aliphatic hydroxyl groups excluding tert-OH is 1. The highest BCUT2D eigenvalue weighted by molar-refractivity contribution is 5.95. The Morgan fingerprint density at radius 3 is 2.75 bits per heavy atom. The number of hydrogen-bond acceptors (Lipinski definition) is 3. The molecule has 24 heavy (non-hydrogen) atoms. The summed E-state index contributed by atoms with van der Waals surface area (Å²) in [6.07, 6.45) is 3.88. The lowest BCUT2D eigenvalue weighted by Gasteiger charge is -2.04. The van der Waals surface area contributed by atoms with Gasteiger partial charge in [-0.25, -0.2) is 0 Å². The minimum Gasteiger partial charge on any atom is -0.508 e. The van der Waals surface area contributed by atoms with Crippen LogP contribution in [0.5, 0.6) is 5.75 Å². The third-order valence-electron chi connectivity index (χ3n) is 3.77. The number of aromatic nitrogens is 1. The number of carbonyl (C=O) groups is 1. The average Bonchev–Trinajstić information content (AvgIpc) is 2.98. The molecule has 1 amide bonds. The van der Waals surface area contributed by atoms with Gasteiger partial charge in [0.2, 0.25) is 0 Å². The second-order valence-corrected chi connectivity index (χ2v) is 5.49. The Kier molecular flexibility index (Phi) is 4.52. The van der Waals surface area contributed by atoms with Crippen molar-refractivity contribution < 1.29 is 15.0 Å². The van der Waals surface area contributed by atoms with Gasteiger partial charge in [0.05, 0.1) is 0 Å². The number of amides is 1. The number of fused-ring (bicyclic) bond motifs is 1. The van der Waals surface area contributed by atoms with Gasteiger partial charge in [0, 0.05) is 23.6 Å². The molecule has 2 aromatic carbocycles. The number of hydrogen-bond donors (Lipinski definition) is 4. The van der Waals surface area contributed by atoms with Gasteiger partial charge < -0.3 is 20.5 Å². The van der Waals surface area contributed by atoms with E-state index >= 15 is 0 Å². The van der Waals surface area contributed by atoms with Crippen LogP contribution >= 0.6 is 0 Å². The van der Waals surface area contributed by atoms with E-state index in [1.165, 1.54) is 6.08 Å². The van der Waals surface area contributed by atoms with Crippen molar-refractivity contribution in [2.24, 2.45) is 0 Å². The standard InChI is InChI=1S/C19H18N2O3/c22-15-6-7-17-16(11-15)14(12-21-17)8-9-20-19(24)18(23)10-13-4-2-1-3-5-13/h1-7,10-12,21-23H,8-9H2,(H,20,24). The monoisotopic (exact) mass is 322 g/mol. The lowest BCUT2D eigenvalue weighted by Crippen LogP contribution is -2.27. The molecule has 0 aliphatic rings. The van der Waals surface area contributed by atoms with Crippen LogP contribution in [-0.4, -0.2) is 27.6 Å². The quantitative estimate of drug-likeness (QED) is 0.430. The van der Waals surface area contributed by atoms with Crippen molar-refractivity contribution in [3.63, 3.8) is 0 Å². The third-order valence-corrected chi connectivity index (χ3v) is 3.77. The lowest BCUT2D eigenvalue weighted by molar-refractivity contribution is -0.119. The molecular formula is C19H18N2O3. The largest absolute Gasteiger partial charge is 0.508 e. The molecule has 5 heteroatoms. The Labute approximate surface area is 139 Å².